The van der Waals surface area contributed by atoms with E-state index in [4.69, 9.17) is 4.74 Å². The van der Waals surface area contributed by atoms with Crippen LogP contribution in [0.2, 0.25) is 0 Å². The third-order valence-corrected chi connectivity index (χ3v) is 5.59. The fourth-order valence-corrected chi connectivity index (χ4v) is 3.76. The van der Waals surface area contributed by atoms with Crippen molar-refractivity contribution in [3.8, 4) is 0 Å². The summed E-state index contributed by atoms with van der Waals surface area (Å²) in [5.41, 5.74) is 3.41. The molecule has 0 spiro atoms. The number of benzene rings is 2. The average Bonchev–Trinajstić information content (AvgIpc) is 3.07. The van der Waals surface area contributed by atoms with Crippen LogP contribution in [-0.4, -0.2) is 28.5 Å². The van der Waals surface area contributed by atoms with Crippen molar-refractivity contribution in [1.29, 1.82) is 0 Å². The molecule has 2 N–H and O–H groups in total. The van der Waals surface area contributed by atoms with Gasteiger partial charge >= 0.3 is 18.2 Å². The Morgan fingerprint density at radius 1 is 1.03 bits per heavy atom. The van der Waals surface area contributed by atoms with E-state index in [1.807, 2.05) is 31.2 Å². The number of H-pyrrole nitrogens is 1. The van der Waals surface area contributed by atoms with Gasteiger partial charge in [-0.25, -0.2) is 9.59 Å². The molecule has 2 aromatic carbocycles. The molecule has 0 aliphatic heterocycles. The topological polar surface area (TPSA) is 74.4 Å². The van der Waals surface area contributed by atoms with E-state index in [1.54, 1.807) is 20.8 Å². The standard InChI is InChI=1S/C26H28F3N3O3/c1-5-35-24(33)23-17(3)22(30-18(23)4)15-32(14-19-11-9-16(2)10-12-19)25(34)31-21-8-6-7-20(13-21)26(27,28)29/h6-13,30H,5,14-15H2,1-4H3,(H,31,34). The van der Waals surface area contributed by atoms with Crippen molar-refractivity contribution in [2.75, 3.05) is 11.9 Å². The first-order chi connectivity index (χ1) is 16.5. The van der Waals surface area contributed by atoms with E-state index in [0.29, 0.717) is 22.5 Å². The fourth-order valence-electron chi connectivity index (χ4n) is 3.76. The van der Waals surface area contributed by atoms with Crippen LogP contribution in [0.5, 0.6) is 0 Å². The largest absolute Gasteiger partial charge is 0.462 e. The molecule has 0 saturated carbocycles. The number of alkyl halides is 3. The van der Waals surface area contributed by atoms with Crippen molar-refractivity contribution < 1.29 is 27.5 Å². The molecule has 0 radical (unpaired) electrons. The highest BCUT2D eigenvalue weighted by Gasteiger charge is 2.30. The number of carbonyl (C=O) groups is 2. The molecule has 0 aliphatic carbocycles. The number of anilines is 1. The van der Waals surface area contributed by atoms with Gasteiger partial charge in [0.15, 0.2) is 0 Å². The summed E-state index contributed by atoms with van der Waals surface area (Å²) in [6.45, 7) is 7.72. The highest BCUT2D eigenvalue weighted by Crippen LogP contribution is 2.31. The summed E-state index contributed by atoms with van der Waals surface area (Å²) in [5.74, 6) is -0.455. The van der Waals surface area contributed by atoms with Gasteiger partial charge < -0.3 is 19.9 Å². The summed E-state index contributed by atoms with van der Waals surface area (Å²) in [7, 11) is 0. The van der Waals surface area contributed by atoms with Crippen LogP contribution in [0, 0.1) is 20.8 Å². The molecule has 3 aromatic rings. The Balaban J connectivity index is 1.90. The molecule has 6 nitrogen and oxygen atoms in total. The van der Waals surface area contributed by atoms with Crippen LogP contribution < -0.4 is 5.32 Å². The van der Waals surface area contributed by atoms with Gasteiger partial charge in [-0.1, -0.05) is 35.9 Å². The first-order valence-corrected chi connectivity index (χ1v) is 11.1. The molecule has 0 fully saturated rings. The zero-order valence-corrected chi connectivity index (χ0v) is 20.0. The molecule has 0 bridgehead atoms. The number of urea groups is 1. The van der Waals surface area contributed by atoms with Gasteiger partial charge in [-0.3, -0.25) is 0 Å². The number of aryl methyl sites for hydroxylation is 2. The zero-order chi connectivity index (χ0) is 25.8. The Morgan fingerprint density at radius 3 is 2.34 bits per heavy atom. The number of ether oxygens (including phenoxy) is 1. The van der Waals surface area contributed by atoms with Crippen molar-refractivity contribution in [1.82, 2.24) is 9.88 Å². The average molecular weight is 488 g/mol. The SMILES string of the molecule is CCOC(=O)c1c(C)[nH]c(CN(Cc2ccc(C)cc2)C(=O)Nc2cccc(C(F)(F)F)c2)c1C. The van der Waals surface area contributed by atoms with E-state index in [0.717, 1.165) is 23.3 Å². The summed E-state index contributed by atoms with van der Waals surface area (Å²) in [6.07, 6.45) is -4.52. The Hall–Kier alpha value is -3.75. The molecular weight excluding hydrogens is 459 g/mol. The second kappa shape index (κ2) is 10.7. The maximum atomic E-state index is 13.2. The number of nitrogens with zero attached hydrogens (tertiary/aromatic N) is 1. The molecule has 186 valence electrons. The molecule has 3 rings (SSSR count). The number of esters is 1. The fraction of sp³-hybridized carbons (Fsp3) is 0.308. The Kier molecular flexibility index (Phi) is 7.89. The third-order valence-electron chi connectivity index (χ3n) is 5.59. The summed E-state index contributed by atoms with van der Waals surface area (Å²) < 4.78 is 44.5. The van der Waals surface area contributed by atoms with Crippen LogP contribution in [-0.2, 0) is 24.0 Å². The highest BCUT2D eigenvalue weighted by molar-refractivity contribution is 5.93. The van der Waals surface area contributed by atoms with E-state index in [-0.39, 0.29) is 25.4 Å². The minimum Gasteiger partial charge on any atom is -0.462 e. The Labute approximate surface area is 202 Å². The normalized spacial score (nSPS) is 11.3. The van der Waals surface area contributed by atoms with E-state index in [2.05, 4.69) is 10.3 Å². The number of hydrogen-bond acceptors (Lipinski definition) is 3. The summed E-state index contributed by atoms with van der Waals surface area (Å²) in [5, 5.41) is 2.57. The van der Waals surface area contributed by atoms with Crippen LogP contribution in [0.1, 0.15) is 50.9 Å². The molecule has 0 saturated heterocycles. The maximum absolute atomic E-state index is 13.2. The zero-order valence-electron chi connectivity index (χ0n) is 20.0. The minimum absolute atomic E-state index is 0.0327. The van der Waals surface area contributed by atoms with Gasteiger partial charge in [0.1, 0.15) is 0 Å². The van der Waals surface area contributed by atoms with Gasteiger partial charge in [0, 0.05) is 23.6 Å². The van der Waals surface area contributed by atoms with Gasteiger partial charge in [0.05, 0.1) is 24.3 Å². The summed E-state index contributed by atoms with van der Waals surface area (Å²) in [4.78, 5) is 30.2. The number of nitrogens with one attached hydrogen (secondary N) is 2. The lowest BCUT2D eigenvalue weighted by Crippen LogP contribution is -2.34. The Morgan fingerprint density at radius 2 is 1.71 bits per heavy atom. The predicted molar refractivity (Wildman–Crippen MR) is 127 cm³/mol. The smallest absolute Gasteiger partial charge is 0.416 e. The second-order valence-corrected chi connectivity index (χ2v) is 8.30. The second-order valence-electron chi connectivity index (χ2n) is 8.30. The Bertz CT molecular complexity index is 1200. The van der Waals surface area contributed by atoms with Crippen molar-refractivity contribution in [2.24, 2.45) is 0 Å². The number of carbonyl (C=O) groups excluding carboxylic acids is 2. The molecule has 0 unspecified atom stereocenters. The van der Waals surface area contributed by atoms with Crippen LogP contribution in [0.15, 0.2) is 48.5 Å². The van der Waals surface area contributed by atoms with Crippen molar-refractivity contribution >= 4 is 17.7 Å². The summed E-state index contributed by atoms with van der Waals surface area (Å²) >= 11 is 0. The van der Waals surface area contributed by atoms with Crippen LogP contribution in [0.4, 0.5) is 23.7 Å². The van der Waals surface area contributed by atoms with Crippen molar-refractivity contribution in [3.05, 3.63) is 87.7 Å². The van der Waals surface area contributed by atoms with Gasteiger partial charge in [0.25, 0.3) is 0 Å². The third kappa shape index (κ3) is 6.44. The lowest BCUT2D eigenvalue weighted by molar-refractivity contribution is -0.137. The number of aromatic amines is 1. The van der Waals surface area contributed by atoms with Crippen LogP contribution in [0.3, 0.4) is 0 Å². The number of rotatable bonds is 7. The lowest BCUT2D eigenvalue weighted by atomic mass is 10.1. The molecule has 9 heteroatoms. The van der Waals surface area contributed by atoms with Gasteiger partial charge in [0.2, 0.25) is 0 Å². The van der Waals surface area contributed by atoms with Gasteiger partial charge in [-0.2, -0.15) is 13.2 Å². The quantitative estimate of drug-likeness (QED) is 0.380. The van der Waals surface area contributed by atoms with E-state index in [1.165, 1.54) is 17.0 Å². The number of aromatic nitrogens is 1. The van der Waals surface area contributed by atoms with E-state index >= 15 is 0 Å². The minimum atomic E-state index is -4.52. The van der Waals surface area contributed by atoms with E-state index in [9.17, 15) is 22.8 Å². The molecule has 1 aromatic heterocycles. The first kappa shape index (κ1) is 25.9. The highest BCUT2D eigenvalue weighted by atomic mass is 19.4. The first-order valence-electron chi connectivity index (χ1n) is 11.1. The van der Waals surface area contributed by atoms with Crippen molar-refractivity contribution in [3.63, 3.8) is 0 Å². The monoisotopic (exact) mass is 487 g/mol. The number of halogens is 3. The summed E-state index contributed by atoms with van der Waals surface area (Å²) in [6, 6.07) is 11.5. The van der Waals surface area contributed by atoms with Crippen LogP contribution >= 0.6 is 0 Å². The van der Waals surface area contributed by atoms with E-state index < -0.39 is 23.7 Å². The molecule has 2 amide bonds. The van der Waals surface area contributed by atoms with Crippen molar-refractivity contribution in [2.45, 2.75) is 47.0 Å². The lowest BCUT2D eigenvalue weighted by Gasteiger charge is -2.24. The predicted octanol–water partition coefficient (Wildman–Crippen LogP) is 6.37. The molecule has 35 heavy (non-hydrogen) atoms. The van der Waals surface area contributed by atoms with Gasteiger partial charge in [-0.05, 0) is 57.0 Å². The molecule has 1 heterocycles. The van der Waals surface area contributed by atoms with Crippen LogP contribution in [0.25, 0.3) is 0 Å². The molecule has 0 aliphatic rings. The number of hydrogen-bond donors (Lipinski definition) is 2. The maximum Gasteiger partial charge on any atom is 0.416 e. The van der Waals surface area contributed by atoms with Gasteiger partial charge in [-0.15, -0.1) is 0 Å². The molecule has 0 atom stereocenters. The molecular formula is C26H28F3N3O3. The number of amides is 2.